The van der Waals surface area contributed by atoms with Crippen LogP contribution in [-0.4, -0.2) is 11.0 Å². The number of fused-ring (bicyclic) bond motifs is 1. The molecule has 1 N–H and O–H groups in total. The van der Waals surface area contributed by atoms with Gasteiger partial charge in [-0.05, 0) is 41.8 Å². The van der Waals surface area contributed by atoms with E-state index in [4.69, 9.17) is 23.2 Å². The maximum Gasteiger partial charge on any atom is 0.123 e. The summed E-state index contributed by atoms with van der Waals surface area (Å²) in [4.78, 5) is 0.962. The zero-order valence-corrected chi connectivity index (χ0v) is 12.7. The summed E-state index contributed by atoms with van der Waals surface area (Å²) in [6.45, 7) is 1.38. The molecule has 0 amide bonds. The summed E-state index contributed by atoms with van der Waals surface area (Å²) < 4.78 is 15.0. The topological polar surface area (TPSA) is 15.3 Å². The van der Waals surface area contributed by atoms with Gasteiger partial charge in [-0.2, -0.15) is 0 Å². The van der Waals surface area contributed by atoms with E-state index in [1.165, 1.54) is 12.1 Å². The highest BCUT2D eigenvalue weighted by Crippen LogP contribution is 2.41. The van der Waals surface area contributed by atoms with Gasteiger partial charge in [-0.1, -0.05) is 35.3 Å². The van der Waals surface area contributed by atoms with E-state index in [0.29, 0.717) is 23.3 Å². The van der Waals surface area contributed by atoms with Gasteiger partial charge in [-0.15, -0.1) is 0 Å². The minimum Gasteiger partial charge on any atom is -0.370 e. The van der Waals surface area contributed by atoms with Gasteiger partial charge < -0.3 is 5.32 Å². The molecule has 0 radical (unpaired) electrons. The lowest BCUT2D eigenvalue weighted by Crippen LogP contribution is -2.26. The number of nitrogens with one attached hydrogen (secondary N) is 1. The van der Waals surface area contributed by atoms with Crippen LogP contribution < -0.4 is 5.32 Å². The quantitative estimate of drug-likeness (QED) is 0.779. The highest BCUT2D eigenvalue weighted by Gasteiger charge is 2.20. The van der Waals surface area contributed by atoms with Crippen LogP contribution in [0.25, 0.3) is 0 Å². The van der Waals surface area contributed by atoms with Gasteiger partial charge in [0.15, 0.2) is 0 Å². The Morgan fingerprint density at radius 2 is 1.95 bits per heavy atom. The number of benzene rings is 2. The van der Waals surface area contributed by atoms with E-state index in [1.54, 1.807) is 30.1 Å². The Hall–Kier alpha value is -0.940. The lowest BCUT2D eigenvalue weighted by atomic mass is 10.2. The van der Waals surface area contributed by atoms with Crippen molar-refractivity contribution in [3.63, 3.8) is 0 Å². The number of rotatable bonds is 2. The predicted molar refractivity (Wildman–Crippen MR) is 82.8 cm³/mol. The fourth-order valence-electron chi connectivity index (χ4n) is 2.00. The van der Waals surface area contributed by atoms with Gasteiger partial charge in [0.25, 0.3) is 0 Å². The first-order valence-corrected chi connectivity index (χ1v) is 7.55. The van der Waals surface area contributed by atoms with E-state index in [-0.39, 0.29) is 5.82 Å². The van der Waals surface area contributed by atoms with Crippen LogP contribution in [0.4, 0.5) is 10.1 Å². The number of hydrogen-bond acceptors (Lipinski definition) is 3. The van der Waals surface area contributed by atoms with Gasteiger partial charge in [0.05, 0.1) is 22.3 Å². The predicted octanol–water partition coefficient (Wildman–Crippen LogP) is 5.02. The second-order valence-electron chi connectivity index (χ2n) is 4.46. The van der Waals surface area contributed by atoms with Crippen LogP contribution in [0.15, 0.2) is 41.3 Å². The first-order valence-electron chi connectivity index (χ1n) is 6.02. The monoisotopic (exact) mass is 328 g/mol. The Morgan fingerprint density at radius 3 is 2.70 bits per heavy atom. The van der Waals surface area contributed by atoms with Crippen molar-refractivity contribution in [1.29, 1.82) is 0 Å². The Labute approximate surface area is 131 Å². The molecule has 0 unspecified atom stereocenters. The van der Waals surface area contributed by atoms with Crippen LogP contribution in [0.2, 0.25) is 10.0 Å². The average Bonchev–Trinajstić information content (AvgIpc) is 2.42. The third-order valence-electron chi connectivity index (χ3n) is 2.95. The molecule has 1 aliphatic heterocycles. The number of hydrogen-bond donors (Lipinski definition) is 1. The largest absolute Gasteiger partial charge is 0.370 e. The molecule has 0 aliphatic carbocycles. The Morgan fingerprint density at radius 1 is 1.20 bits per heavy atom. The molecule has 1 heterocycles. The Bertz CT molecular complexity index is 634. The maximum atomic E-state index is 12.9. The Balaban J connectivity index is 1.77. The highest BCUT2D eigenvalue weighted by atomic mass is 35.5. The third-order valence-corrected chi connectivity index (χ3v) is 4.71. The van der Waals surface area contributed by atoms with Gasteiger partial charge in [0, 0.05) is 11.6 Å². The molecule has 0 aromatic heterocycles. The molecule has 0 saturated carbocycles. The maximum absolute atomic E-state index is 12.9. The van der Waals surface area contributed by atoms with E-state index in [9.17, 15) is 4.39 Å². The normalized spacial score (nSPS) is 14.8. The van der Waals surface area contributed by atoms with Crippen LogP contribution in [0.5, 0.6) is 0 Å². The molecular formula is C14H11Cl2FN2S. The molecule has 0 fully saturated rings. The molecule has 104 valence electrons. The molecule has 6 heteroatoms. The van der Waals surface area contributed by atoms with Crippen molar-refractivity contribution < 1.29 is 4.39 Å². The minimum atomic E-state index is -0.221. The molecule has 0 saturated heterocycles. The van der Waals surface area contributed by atoms with Crippen molar-refractivity contribution in [1.82, 2.24) is 4.31 Å². The van der Waals surface area contributed by atoms with Crippen LogP contribution in [-0.2, 0) is 6.54 Å². The van der Waals surface area contributed by atoms with E-state index in [0.717, 1.165) is 16.1 Å². The molecule has 0 bridgehead atoms. The van der Waals surface area contributed by atoms with Crippen molar-refractivity contribution in [2.75, 3.05) is 12.0 Å². The average molecular weight is 329 g/mol. The zero-order valence-electron chi connectivity index (χ0n) is 10.4. The van der Waals surface area contributed by atoms with Crippen molar-refractivity contribution >= 4 is 40.8 Å². The van der Waals surface area contributed by atoms with Crippen LogP contribution in [0.3, 0.4) is 0 Å². The summed E-state index contributed by atoms with van der Waals surface area (Å²) in [7, 11) is 0. The summed E-state index contributed by atoms with van der Waals surface area (Å²) in [6, 6.07) is 10.1. The molecular weight excluding hydrogens is 318 g/mol. The van der Waals surface area contributed by atoms with Crippen molar-refractivity contribution in [2.24, 2.45) is 0 Å². The first kappa shape index (κ1) is 14.0. The number of nitrogens with zero attached hydrogens (tertiary/aromatic N) is 1. The Kier molecular flexibility index (Phi) is 4.08. The number of anilines is 1. The smallest absolute Gasteiger partial charge is 0.123 e. The van der Waals surface area contributed by atoms with E-state index >= 15 is 0 Å². The van der Waals surface area contributed by atoms with Gasteiger partial charge in [-0.3, -0.25) is 0 Å². The standard InChI is InChI=1S/C14H11Cl2FN2S/c15-10-5-12(16)14-13(6-10)18-8-19(20-14)7-9-1-3-11(17)4-2-9/h1-6,18H,7-8H2. The number of halogens is 3. The summed E-state index contributed by atoms with van der Waals surface area (Å²) >= 11 is 13.8. The van der Waals surface area contributed by atoms with Crippen LogP contribution >= 0.6 is 35.1 Å². The highest BCUT2D eigenvalue weighted by molar-refractivity contribution is 7.97. The molecule has 2 nitrogen and oxygen atoms in total. The fraction of sp³-hybridized carbons (Fsp3) is 0.143. The van der Waals surface area contributed by atoms with Crippen molar-refractivity contribution in [3.8, 4) is 0 Å². The van der Waals surface area contributed by atoms with Crippen LogP contribution in [0, 0.1) is 5.82 Å². The molecule has 20 heavy (non-hydrogen) atoms. The van der Waals surface area contributed by atoms with Crippen LogP contribution in [0.1, 0.15) is 5.56 Å². The van der Waals surface area contributed by atoms with Crippen molar-refractivity contribution in [3.05, 3.63) is 57.8 Å². The summed E-state index contributed by atoms with van der Waals surface area (Å²) in [5, 5.41) is 4.54. The SMILES string of the molecule is Fc1ccc(CN2CNc3cc(Cl)cc(Cl)c3S2)cc1. The molecule has 3 rings (SSSR count). The summed E-state index contributed by atoms with van der Waals surface area (Å²) in [5.41, 5.74) is 2.00. The second kappa shape index (κ2) is 5.82. The van der Waals surface area contributed by atoms with Gasteiger partial charge in [0.2, 0.25) is 0 Å². The summed E-state index contributed by atoms with van der Waals surface area (Å²) in [6.07, 6.45) is 0. The van der Waals surface area contributed by atoms with E-state index in [1.807, 2.05) is 6.07 Å². The third kappa shape index (κ3) is 3.04. The van der Waals surface area contributed by atoms with Crippen molar-refractivity contribution in [2.45, 2.75) is 11.4 Å². The fourth-order valence-corrected chi connectivity index (χ4v) is 3.57. The van der Waals surface area contributed by atoms with Gasteiger partial charge in [-0.25, -0.2) is 8.70 Å². The molecule has 2 aromatic rings. The lowest BCUT2D eigenvalue weighted by molar-refractivity contribution is 0.492. The molecule has 1 aliphatic rings. The first-order chi connectivity index (χ1) is 9.61. The van der Waals surface area contributed by atoms with E-state index in [2.05, 4.69) is 9.62 Å². The van der Waals surface area contributed by atoms with Gasteiger partial charge in [0.1, 0.15) is 5.82 Å². The molecule has 0 atom stereocenters. The zero-order chi connectivity index (χ0) is 14.1. The minimum absolute atomic E-state index is 0.221. The second-order valence-corrected chi connectivity index (χ2v) is 6.41. The van der Waals surface area contributed by atoms with Gasteiger partial charge >= 0.3 is 0 Å². The lowest BCUT2D eigenvalue weighted by Gasteiger charge is -2.29. The summed E-state index contributed by atoms with van der Waals surface area (Å²) in [5.74, 6) is -0.221. The molecule has 0 spiro atoms. The molecule has 2 aromatic carbocycles. The van der Waals surface area contributed by atoms with E-state index < -0.39 is 0 Å².